The lowest BCUT2D eigenvalue weighted by Gasteiger charge is -2.39. The van der Waals surface area contributed by atoms with Crippen LogP contribution >= 0.6 is 15.9 Å². The lowest BCUT2D eigenvalue weighted by molar-refractivity contribution is -0.126. The molecule has 2 N–H and O–H groups in total. The maximum absolute atomic E-state index is 12.6. The van der Waals surface area contributed by atoms with E-state index in [0.717, 1.165) is 41.9 Å². The monoisotopic (exact) mass is 339 g/mol. The fourth-order valence-corrected chi connectivity index (χ4v) is 2.89. The standard InChI is InChI=1S/C15H22BrN3O/c1-11-10-12(16)4-5-13(11)18-14(20)15(2,3)19-8-6-17-7-9-19/h4-5,10,17H,6-9H2,1-3H3,(H,18,20). The minimum absolute atomic E-state index is 0.0461. The number of nitrogens with one attached hydrogen (secondary N) is 2. The van der Waals surface area contributed by atoms with Crippen LogP contribution in [0, 0.1) is 6.92 Å². The second-order valence-electron chi connectivity index (χ2n) is 5.71. The van der Waals surface area contributed by atoms with Gasteiger partial charge in [-0.05, 0) is 44.5 Å². The molecule has 1 saturated heterocycles. The van der Waals surface area contributed by atoms with Crippen LogP contribution < -0.4 is 10.6 Å². The third-order valence-corrected chi connectivity index (χ3v) is 4.39. The summed E-state index contributed by atoms with van der Waals surface area (Å²) in [5.41, 5.74) is 1.44. The Morgan fingerprint density at radius 1 is 1.35 bits per heavy atom. The van der Waals surface area contributed by atoms with Gasteiger partial charge < -0.3 is 10.6 Å². The Labute approximate surface area is 129 Å². The van der Waals surface area contributed by atoms with Gasteiger partial charge in [0.05, 0.1) is 5.54 Å². The van der Waals surface area contributed by atoms with Crippen LogP contribution in [-0.2, 0) is 4.79 Å². The minimum atomic E-state index is -0.498. The van der Waals surface area contributed by atoms with Crippen LogP contribution in [0.5, 0.6) is 0 Å². The van der Waals surface area contributed by atoms with E-state index in [1.165, 1.54) is 0 Å². The van der Waals surface area contributed by atoms with E-state index in [1.807, 2.05) is 39.0 Å². The minimum Gasteiger partial charge on any atom is -0.324 e. The van der Waals surface area contributed by atoms with Crippen LogP contribution in [-0.4, -0.2) is 42.5 Å². The van der Waals surface area contributed by atoms with E-state index in [-0.39, 0.29) is 5.91 Å². The van der Waals surface area contributed by atoms with E-state index in [2.05, 4.69) is 31.5 Å². The van der Waals surface area contributed by atoms with Crippen molar-refractivity contribution < 1.29 is 4.79 Å². The first-order valence-electron chi connectivity index (χ1n) is 6.94. The molecule has 0 spiro atoms. The molecule has 1 aliphatic rings. The van der Waals surface area contributed by atoms with Crippen LogP contribution in [0.4, 0.5) is 5.69 Å². The smallest absolute Gasteiger partial charge is 0.244 e. The number of benzene rings is 1. The Morgan fingerprint density at radius 2 is 2.00 bits per heavy atom. The van der Waals surface area contributed by atoms with Gasteiger partial charge in [0.2, 0.25) is 5.91 Å². The molecule has 110 valence electrons. The van der Waals surface area contributed by atoms with Crippen LogP contribution in [0.3, 0.4) is 0 Å². The summed E-state index contributed by atoms with van der Waals surface area (Å²) in [5.74, 6) is 0.0461. The molecule has 1 aromatic carbocycles. The topological polar surface area (TPSA) is 44.4 Å². The van der Waals surface area contributed by atoms with Gasteiger partial charge in [0.1, 0.15) is 0 Å². The van der Waals surface area contributed by atoms with Crippen molar-refractivity contribution in [1.29, 1.82) is 0 Å². The Kier molecular flexibility index (Phi) is 4.83. The Morgan fingerprint density at radius 3 is 2.60 bits per heavy atom. The predicted octanol–water partition coefficient (Wildman–Crippen LogP) is 2.38. The number of carbonyl (C=O) groups is 1. The second-order valence-corrected chi connectivity index (χ2v) is 6.63. The summed E-state index contributed by atoms with van der Waals surface area (Å²) in [7, 11) is 0. The lowest BCUT2D eigenvalue weighted by atomic mass is 10.00. The molecular weight excluding hydrogens is 318 g/mol. The first-order valence-corrected chi connectivity index (χ1v) is 7.74. The zero-order chi connectivity index (χ0) is 14.8. The lowest BCUT2D eigenvalue weighted by Crippen LogP contribution is -2.58. The number of hydrogen-bond donors (Lipinski definition) is 2. The summed E-state index contributed by atoms with van der Waals surface area (Å²) in [6.45, 7) is 9.66. The quantitative estimate of drug-likeness (QED) is 0.888. The normalized spacial score (nSPS) is 17.0. The van der Waals surface area contributed by atoms with Crippen LogP contribution in [0.2, 0.25) is 0 Å². The largest absolute Gasteiger partial charge is 0.324 e. The summed E-state index contributed by atoms with van der Waals surface area (Å²) >= 11 is 3.44. The van der Waals surface area contributed by atoms with Crippen molar-refractivity contribution in [2.45, 2.75) is 26.3 Å². The number of hydrogen-bond acceptors (Lipinski definition) is 3. The van der Waals surface area contributed by atoms with Crippen molar-refractivity contribution in [3.8, 4) is 0 Å². The van der Waals surface area contributed by atoms with Crippen LogP contribution in [0.25, 0.3) is 0 Å². The van der Waals surface area contributed by atoms with Gasteiger partial charge in [0.25, 0.3) is 0 Å². The average molecular weight is 340 g/mol. The van der Waals surface area contributed by atoms with Gasteiger partial charge in [0.15, 0.2) is 0 Å². The molecule has 0 unspecified atom stereocenters. The summed E-state index contributed by atoms with van der Waals surface area (Å²) in [6, 6.07) is 5.89. The molecule has 20 heavy (non-hydrogen) atoms. The number of carbonyl (C=O) groups excluding carboxylic acids is 1. The van der Waals surface area contributed by atoms with Crippen molar-refractivity contribution in [1.82, 2.24) is 10.2 Å². The number of rotatable bonds is 3. The highest BCUT2D eigenvalue weighted by Gasteiger charge is 2.35. The molecular formula is C15H22BrN3O. The number of nitrogens with zero attached hydrogens (tertiary/aromatic N) is 1. The summed E-state index contributed by atoms with van der Waals surface area (Å²) in [6.07, 6.45) is 0. The van der Waals surface area contributed by atoms with Crippen molar-refractivity contribution in [2.75, 3.05) is 31.5 Å². The van der Waals surface area contributed by atoms with Crippen molar-refractivity contribution in [3.63, 3.8) is 0 Å². The molecule has 1 aromatic rings. The SMILES string of the molecule is Cc1cc(Br)ccc1NC(=O)C(C)(C)N1CCNCC1. The van der Waals surface area contributed by atoms with Crippen molar-refractivity contribution in [2.24, 2.45) is 0 Å². The van der Waals surface area contributed by atoms with Crippen molar-refractivity contribution >= 4 is 27.5 Å². The Bertz CT molecular complexity index is 496. The molecule has 0 aliphatic carbocycles. The number of halogens is 1. The molecule has 2 rings (SSSR count). The first kappa shape index (κ1) is 15.5. The molecule has 4 nitrogen and oxygen atoms in total. The number of amides is 1. The predicted molar refractivity (Wildman–Crippen MR) is 86.0 cm³/mol. The fraction of sp³-hybridized carbons (Fsp3) is 0.533. The summed E-state index contributed by atoms with van der Waals surface area (Å²) in [4.78, 5) is 14.8. The van der Waals surface area contributed by atoms with Crippen molar-refractivity contribution in [3.05, 3.63) is 28.2 Å². The highest BCUT2D eigenvalue weighted by Crippen LogP contribution is 2.23. The van der Waals surface area contributed by atoms with Gasteiger partial charge in [-0.3, -0.25) is 9.69 Å². The number of aryl methyl sites for hydroxylation is 1. The van der Waals surface area contributed by atoms with E-state index in [9.17, 15) is 4.79 Å². The Balaban J connectivity index is 2.09. The molecule has 1 fully saturated rings. The molecule has 1 heterocycles. The maximum Gasteiger partial charge on any atom is 0.244 e. The van der Waals surface area contributed by atoms with E-state index in [1.54, 1.807) is 0 Å². The van der Waals surface area contributed by atoms with Gasteiger partial charge in [-0.1, -0.05) is 15.9 Å². The number of anilines is 1. The molecule has 1 amide bonds. The molecule has 5 heteroatoms. The van der Waals surface area contributed by atoms with Gasteiger partial charge in [0, 0.05) is 36.3 Å². The molecule has 0 aromatic heterocycles. The van der Waals surface area contributed by atoms with E-state index in [4.69, 9.17) is 0 Å². The average Bonchev–Trinajstić information content (AvgIpc) is 2.42. The van der Waals surface area contributed by atoms with Gasteiger partial charge in [-0.25, -0.2) is 0 Å². The van der Waals surface area contributed by atoms with E-state index < -0.39 is 5.54 Å². The molecule has 0 radical (unpaired) electrons. The second kappa shape index (κ2) is 6.24. The van der Waals surface area contributed by atoms with Crippen LogP contribution in [0.15, 0.2) is 22.7 Å². The highest BCUT2D eigenvalue weighted by molar-refractivity contribution is 9.10. The van der Waals surface area contributed by atoms with Gasteiger partial charge in [-0.15, -0.1) is 0 Å². The Hall–Kier alpha value is -0.910. The molecule has 1 aliphatic heterocycles. The van der Waals surface area contributed by atoms with Crippen LogP contribution in [0.1, 0.15) is 19.4 Å². The highest BCUT2D eigenvalue weighted by atomic mass is 79.9. The summed E-state index contributed by atoms with van der Waals surface area (Å²) in [5, 5.41) is 6.37. The third kappa shape index (κ3) is 3.40. The van der Waals surface area contributed by atoms with Gasteiger partial charge >= 0.3 is 0 Å². The zero-order valence-corrected chi connectivity index (χ0v) is 13.9. The molecule has 0 bridgehead atoms. The zero-order valence-electron chi connectivity index (χ0n) is 12.3. The fourth-order valence-electron chi connectivity index (χ4n) is 2.41. The first-order chi connectivity index (χ1) is 9.41. The van der Waals surface area contributed by atoms with E-state index in [0.29, 0.717) is 0 Å². The van der Waals surface area contributed by atoms with E-state index >= 15 is 0 Å². The van der Waals surface area contributed by atoms with Gasteiger partial charge in [-0.2, -0.15) is 0 Å². The molecule has 0 saturated carbocycles. The number of piperazine rings is 1. The maximum atomic E-state index is 12.6. The molecule has 0 atom stereocenters. The third-order valence-electron chi connectivity index (χ3n) is 3.90. The summed E-state index contributed by atoms with van der Waals surface area (Å²) < 4.78 is 1.02.